The Labute approximate surface area is 124 Å². The van der Waals surface area contributed by atoms with Crippen LogP contribution in [-0.2, 0) is 16.6 Å². The third kappa shape index (κ3) is 3.99. The van der Waals surface area contributed by atoms with Crippen LogP contribution in [-0.4, -0.2) is 21.5 Å². The van der Waals surface area contributed by atoms with Gasteiger partial charge in [0.25, 0.3) is 0 Å². The molecule has 0 saturated heterocycles. The van der Waals surface area contributed by atoms with Gasteiger partial charge in [-0.25, -0.2) is 21.9 Å². The van der Waals surface area contributed by atoms with E-state index in [9.17, 15) is 17.2 Å². The highest BCUT2D eigenvalue weighted by Gasteiger charge is 2.28. The molecule has 1 atom stereocenters. The fraction of sp³-hybridized carbons (Fsp3) is 0.571. The zero-order valence-electron chi connectivity index (χ0n) is 12.1. The van der Waals surface area contributed by atoms with Crippen molar-refractivity contribution in [2.24, 2.45) is 5.92 Å². The zero-order chi connectivity index (χ0) is 15.6. The standard InChI is InChI=1S/C14H20F2N2O2S/c1-9(7-10-3-4-10)18-21(19,20)13-6-5-12(15)11(8-17-2)14(13)16/h5-6,9-10,17-18H,3-4,7-8H2,1-2H3. The molecule has 0 bridgehead atoms. The van der Waals surface area contributed by atoms with E-state index in [1.807, 2.05) is 0 Å². The number of sulfonamides is 1. The van der Waals surface area contributed by atoms with Crippen molar-refractivity contribution in [1.29, 1.82) is 0 Å². The van der Waals surface area contributed by atoms with Gasteiger partial charge in [0, 0.05) is 18.2 Å². The molecule has 4 nitrogen and oxygen atoms in total. The van der Waals surface area contributed by atoms with Crippen molar-refractivity contribution in [3.63, 3.8) is 0 Å². The molecule has 1 aromatic rings. The fourth-order valence-electron chi connectivity index (χ4n) is 2.35. The molecule has 0 aliphatic heterocycles. The van der Waals surface area contributed by atoms with Gasteiger partial charge in [0.05, 0.1) is 0 Å². The van der Waals surface area contributed by atoms with Crippen LogP contribution in [0.15, 0.2) is 17.0 Å². The second kappa shape index (κ2) is 6.37. The normalized spacial score (nSPS) is 17.0. The van der Waals surface area contributed by atoms with Gasteiger partial charge in [0.15, 0.2) is 5.82 Å². The van der Waals surface area contributed by atoms with Crippen molar-refractivity contribution in [1.82, 2.24) is 10.0 Å². The highest BCUT2D eigenvalue weighted by atomic mass is 32.2. The summed E-state index contributed by atoms with van der Waals surface area (Å²) < 4.78 is 54.7. The van der Waals surface area contributed by atoms with E-state index in [1.54, 1.807) is 6.92 Å². The van der Waals surface area contributed by atoms with Gasteiger partial charge in [-0.3, -0.25) is 0 Å². The fourth-order valence-corrected chi connectivity index (χ4v) is 3.71. The number of hydrogen-bond acceptors (Lipinski definition) is 3. The van der Waals surface area contributed by atoms with E-state index in [2.05, 4.69) is 10.0 Å². The molecule has 1 saturated carbocycles. The Hall–Kier alpha value is -1.05. The van der Waals surface area contributed by atoms with Crippen molar-refractivity contribution in [2.45, 2.75) is 43.7 Å². The number of rotatable bonds is 7. The lowest BCUT2D eigenvalue weighted by Crippen LogP contribution is -2.33. The van der Waals surface area contributed by atoms with Gasteiger partial charge in [-0.2, -0.15) is 0 Å². The SMILES string of the molecule is CNCc1c(F)ccc(S(=O)(=O)NC(C)CC2CC2)c1F. The second-order valence-corrected chi connectivity index (χ2v) is 7.25. The van der Waals surface area contributed by atoms with Crippen LogP contribution in [0.25, 0.3) is 0 Å². The van der Waals surface area contributed by atoms with Crippen LogP contribution in [0.2, 0.25) is 0 Å². The van der Waals surface area contributed by atoms with Crippen LogP contribution in [0.3, 0.4) is 0 Å². The summed E-state index contributed by atoms with van der Waals surface area (Å²) in [5.74, 6) is -1.23. The third-order valence-corrected chi connectivity index (χ3v) is 5.14. The van der Waals surface area contributed by atoms with Gasteiger partial charge >= 0.3 is 0 Å². The number of nitrogens with one attached hydrogen (secondary N) is 2. The Morgan fingerprint density at radius 1 is 1.33 bits per heavy atom. The largest absolute Gasteiger partial charge is 0.315 e. The first-order chi connectivity index (χ1) is 9.85. The van der Waals surface area contributed by atoms with Crippen LogP contribution in [0, 0.1) is 17.6 Å². The van der Waals surface area contributed by atoms with Crippen molar-refractivity contribution >= 4 is 10.0 Å². The van der Waals surface area contributed by atoms with Gasteiger partial charge in [-0.05, 0) is 38.4 Å². The lowest BCUT2D eigenvalue weighted by Gasteiger charge is -2.15. The molecular weight excluding hydrogens is 298 g/mol. The van der Waals surface area contributed by atoms with Gasteiger partial charge in [0.1, 0.15) is 10.7 Å². The first kappa shape index (κ1) is 16.3. The molecule has 0 radical (unpaired) electrons. The van der Waals surface area contributed by atoms with E-state index in [0.29, 0.717) is 5.92 Å². The molecule has 2 rings (SSSR count). The van der Waals surface area contributed by atoms with Crippen LogP contribution in [0.4, 0.5) is 8.78 Å². The van der Waals surface area contributed by atoms with Crippen molar-refractivity contribution in [3.8, 4) is 0 Å². The quantitative estimate of drug-likeness (QED) is 0.810. The lowest BCUT2D eigenvalue weighted by molar-refractivity contribution is 0.505. The van der Waals surface area contributed by atoms with Gasteiger partial charge in [-0.1, -0.05) is 12.8 Å². The number of halogens is 2. The van der Waals surface area contributed by atoms with Crippen molar-refractivity contribution in [3.05, 3.63) is 29.3 Å². The molecule has 1 unspecified atom stereocenters. The maximum absolute atomic E-state index is 14.2. The minimum atomic E-state index is -3.99. The van der Waals surface area contributed by atoms with Crippen LogP contribution >= 0.6 is 0 Å². The number of benzene rings is 1. The van der Waals surface area contributed by atoms with E-state index in [-0.39, 0.29) is 18.2 Å². The minimum Gasteiger partial charge on any atom is -0.315 e. The van der Waals surface area contributed by atoms with Gasteiger partial charge in [0.2, 0.25) is 10.0 Å². The summed E-state index contributed by atoms with van der Waals surface area (Å²) in [4.78, 5) is -0.503. The molecule has 7 heteroatoms. The number of hydrogen-bond donors (Lipinski definition) is 2. The van der Waals surface area contributed by atoms with E-state index in [1.165, 1.54) is 7.05 Å². The molecule has 0 aromatic heterocycles. The van der Waals surface area contributed by atoms with Gasteiger partial charge in [-0.15, -0.1) is 0 Å². The van der Waals surface area contributed by atoms with Crippen molar-refractivity contribution in [2.75, 3.05) is 7.05 Å². The summed E-state index contributed by atoms with van der Waals surface area (Å²) in [6.45, 7) is 1.68. The van der Waals surface area contributed by atoms with Crippen LogP contribution in [0.1, 0.15) is 31.7 Å². The Morgan fingerprint density at radius 3 is 2.57 bits per heavy atom. The van der Waals surface area contributed by atoms with Crippen LogP contribution in [0.5, 0.6) is 0 Å². The van der Waals surface area contributed by atoms with Crippen molar-refractivity contribution < 1.29 is 17.2 Å². The maximum Gasteiger partial charge on any atom is 0.243 e. The average molecular weight is 318 g/mol. The maximum atomic E-state index is 14.2. The molecule has 0 amide bonds. The first-order valence-electron chi connectivity index (χ1n) is 6.99. The molecule has 2 N–H and O–H groups in total. The molecule has 21 heavy (non-hydrogen) atoms. The molecule has 118 valence electrons. The van der Waals surface area contributed by atoms with Crippen LogP contribution < -0.4 is 10.0 Å². The zero-order valence-corrected chi connectivity index (χ0v) is 12.9. The molecule has 1 aliphatic rings. The highest BCUT2D eigenvalue weighted by molar-refractivity contribution is 7.89. The monoisotopic (exact) mass is 318 g/mol. The first-order valence-corrected chi connectivity index (χ1v) is 8.47. The third-order valence-electron chi connectivity index (χ3n) is 3.53. The summed E-state index contributed by atoms with van der Waals surface area (Å²) in [7, 11) is -2.45. The van der Waals surface area contributed by atoms with E-state index >= 15 is 0 Å². The Bertz CT molecular complexity index is 616. The Kier molecular flexibility index (Phi) is 4.95. The van der Waals surface area contributed by atoms with E-state index in [4.69, 9.17) is 0 Å². The lowest BCUT2D eigenvalue weighted by atomic mass is 10.2. The molecular formula is C14H20F2N2O2S. The predicted molar refractivity (Wildman–Crippen MR) is 76.2 cm³/mol. The highest BCUT2D eigenvalue weighted by Crippen LogP contribution is 2.33. The Morgan fingerprint density at radius 2 is 2.00 bits per heavy atom. The molecule has 1 fully saturated rings. The average Bonchev–Trinajstić information content (AvgIpc) is 3.17. The predicted octanol–water partition coefficient (Wildman–Crippen LogP) is 2.15. The van der Waals surface area contributed by atoms with Gasteiger partial charge < -0.3 is 5.32 Å². The summed E-state index contributed by atoms with van der Waals surface area (Å²) in [6, 6.07) is 1.69. The Balaban J connectivity index is 2.24. The topological polar surface area (TPSA) is 58.2 Å². The smallest absolute Gasteiger partial charge is 0.243 e. The molecule has 1 aliphatic carbocycles. The summed E-state index contributed by atoms with van der Waals surface area (Å²) >= 11 is 0. The molecule has 1 aromatic carbocycles. The molecule has 0 spiro atoms. The summed E-state index contributed by atoms with van der Waals surface area (Å²) in [5.41, 5.74) is -0.268. The van der Waals surface area contributed by atoms with E-state index < -0.39 is 26.6 Å². The molecule has 0 heterocycles. The second-order valence-electron chi connectivity index (χ2n) is 5.57. The van der Waals surface area contributed by atoms with E-state index in [0.717, 1.165) is 31.4 Å². The minimum absolute atomic E-state index is 0.0708. The summed E-state index contributed by atoms with van der Waals surface area (Å²) in [5, 5.41) is 2.62. The summed E-state index contributed by atoms with van der Waals surface area (Å²) in [6.07, 6.45) is 2.97.